The highest BCUT2D eigenvalue weighted by molar-refractivity contribution is 5.98. The second-order valence-corrected chi connectivity index (χ2v) is 7.74. The number of aromatic carboxylic acids is 1. The van der Waals surface area contributed by atoms with E-state index < -0.39 is 5.97 Å². The van der Waals surface area contributed by atoms with Crippen molar-refractivity contribution in [2.24, 2.45) is 0 Å². The van der Waals surface area contributed by atoms with E-state index in [-0.39, 0.29) is 11.6 Å². The standard InChI is InChI=1S/C25H33NO3/c1-7-9-13-29-23-12-11-20(17(3)4)24-21(23)15-22(25(27)28)26(24)16-19(6)14-18(5)10-8-2/h8,10-12,14-15,17H,6-7,9,13,16H2,1-5H3,(H,27,28)/b10-8-,18-14-. The maximum absolute atomic E-state index is 12.0. The molecule has 0 saturated heterocycles. The van der Waals surface area contributed by atoms with Crippen molar-refractivity contribution in [1.29, 1.82) is 0 Å². The highest BCUT2D eigenvalue weighted by atomic mass is 16.5. The molecule has 0 fully saturated rings. The second kappa shape index (κ2) is 10.1. The van der Waals surface area contributed by atoms with Crippen LogP contribution in [-0.4, -0.2) is 22.2 Å². The summed E-state index contributed by atoms with van der Waals surface area (Å²) >= 11 is 0. The lowest BCUT2D eigenvalue weighted by molar-refractivity contribution is 0.0686. The lowest BCUT2D eigenvalue weighted by atomic mass is 10.00. The van der Waals surface area contributed by atoms with Crippen molar-refractivity contribution in [1.82, 2.24) is 4.57 Å². The number of rotatable bonds is 10. The van der Waals surface area contributed by atoms with E-state index in [2.05, 4.69) is 33.4 Å². The Morgan fingerprint density at radius 3 is 2.66 bits per heavy atom. The first-order valence-electron chi connectivity index (χ1n) is 10.3. The summed E-state index contributed by atoms with van der Waals surface area (Å²) in [5.41, 5.74) is 4.22. The van der Waals surface area contributed by atoms with Gasteiger partial charge in [0.1, 0.15) is 11.4 Å². The first-order valence-corrected chi connectivity index (χ1v) is 10.3. The molecule has 29 heavy (non-hydrogen) atoms. The number of carboxylic acids is 1. The number of fused-ring (bicyclic) bond motifs is 1. The zero-order valence-corrected chi connectivity index (χ0v) is 18.3. The molecule has 4 nitrogen and oxygen atoms in total. The highest BCUT2D eigenvalue weighted by Crippen LogP contribution is 2.36. The topological polar surface area (TPSA) is 51.5 Å². The number of hydrogen-bond acceptors (Lipinski definition) is 2. The highest BCUT2D eigenvalue weighted by Gasteiger charge is 2.21. The van der Waals surface area contributed by atoms with Crippen LogP contribution in [0.3, 0.4) is 0 Å². The minimum atomic E-state index is -0.947. The Labute approximate surface area is 174 Å². The molecular weight excluding hydrogens is 362 g/mol. The first-order chi connectivity index (χ1) is 13.8. The van der Waals surface area contributed by atoms with Crippen molar-refractivity contribution in [2.75, 3.05) is 6.61 Å². The minimum Gasteiger partial charge on any atom is -0.493 e. The molecule has 1 heterocycles. The Morgan fingerprint density at radius 2 is 2.07 bits per heavy atom. The second-order valence-electron chi connectivity index (χ2n) is 7.74. The van der Waals surface area contributed by atoms with Crippen LogP contribution in [0.5, 0.6) is 5.75 Å². The van der Waals surface area contributed by atoms with Crippen molar-refractivity contribution in [3.8, 4) is 5.75 Å². The predicted molar refractivity (Wildman–Crippen MR) is 121 cm³/mol. The van der Waals surface area contributed by atoms with Gasteiger partial charge in [0.15, 0.2) is 0 Å². The third kappa shape index (κ3) is 5.41. The van der Waals surface area contributed by atoms with Crippen LogP contribution in [0, 0.1) is 0 Å². The molecule has 0 saturated carbocycles. The molecule has 0 bridgehead atoms. The van der Waals surface area contributed by atoms with Crippen molar-refractivity contribution in [3.63, 3.8) is 0 Å². The number of carboxylic acid groups (broad SMARTS) is 1. The summed E-state index contributed by atoms with van der Waals surface area (Å²) in [5, 5.41) is 10.7. The van der Waals surface area contributed by atoms with E-state index in [0.717, 1.165) is 46.2 Å². The molecule has 1 aromatic carbocycles. The SMILES string of the molecule is C=C(/C=C(C)\C=C/C)Cn1c(C(=O)O)cc2c(OCCCC)ccc(C(C)C)c21. The van der Waals surface area contributed by atoms with Gasteiger partial charge in [-0.05, 0) is 49.5 Å². The molecule has 0 atom stereocenters. The largest absolute Gasteiger partial charge is 0.493 e. The molecule has 0 aliphatic heterocycles. The number of unbranched alkanes of at least 4 members (excludes halogenated alkanes) is 1. The van der Waals surface area contributed by atoms with Crippen LogP contribution in [0.4, 0.5) is 0 Å². The molecule has 4 heteroatoms. The summed E-state index contributed by atoms with van der Waals surface area (Å²) < 4.78 is 7.86. The summed E-state index contributed by atoms with van der Waals surface area (Å²) in [4.78, 5) is 12.0. The summed E-state index contributed by atoms with van der Waals surface area (Å²) in [5.74, 6) is 0.0498. The van der Waals surface area contributed by atoms with E-state index in [0.29, 0.717) is 13.2 Å². The lowest BCUT2D eigenvalue weighted by Crippen LogP contribution is -2.10. The van der Waals surface area contributed by atoms with E-state index >= 15 is 0 Å². The van der Waals surface area contributed by atoms with Gasteiger partial charge in [0.2, 0.25) is 0 Å². The third-order valence-electron chi connectivity index (χ3n) is 4.87. The van der Waals surface area contributed by atoms with E-state index in [1.807, 2.05) is 42.7 Å². The van der Waals surface area contributed by atoms with Crippen molar-refractivity contribution in [2.45, 2.75) is 59.9 Å². The van der Waals surface area contributed by atoms with E-state index in [1.54, 1.807) is 6.07 Å². The van der Waals surface area contributed by atoms with E-state index in [4.69, 9.17) is 4.74 Å². The molecule has 0 radical (unpaired) electrons. The number of allylic oxidation sites excluding steroid dienone is 5. The van der Waals surface area contributed by atoms with Gasteiger partial charge in [-0.2, -0.15) is 0 Å². The maximum Gasteiger partial charge on any atom is 0.352 e. The molecule has 1 aromatic heterocycles. The average molecular weight is 396 g/mol. The van der Waals surface area contributed by atoms with Crippen LogP contribution in [0.2, 0.25) is 0 Å². The number of aromatic nitrogens is 1. The molecular formula is C25H33NO3. The van der Waals surface area contributed by atoms with Gasteiger partial charge in [-0.3, -0.25) is 0 Å². The lowest BCUT2D eigenvalue weighted by Gasteiger charge is -2.16. The molecule has 2 aromatic rings. The summed E-state index contributed by atoms with van der Waals surface area (Å²) in [6, 6.07) is 5.76. The minimum absolute atomic E-state index is 0.256. The molecule has 0 spiro atoms. The summed E-state index contributed by atoms with van der Waals surface area (Å²) in [6.07, 6.45) is 7.99. The Hall–Kier alpha value is -2.75. The van der Waals surface area contributed by atoms with Crippen LogP contribution in [-0.2, 0) is 6.54 Å². The van der Waals surface area contributed by atoms with Gasteiger partial charge in [0.25, 0.3) is 0 Å². The van der Waals surface area contributed by atoms with Crippen LogP contribution in [0.15, 0.2) is 54.2 Å². The van der Waals surface area contributed by atoms with E-state index in [9.17, 15) is 9.90 Å². The maximum atomic E-state index is 12.0. The molecule has 0 aliphatic carbocycles. The summed E-state index contributed by atoms with van der Waals surface area (Å²) in [6.45, 7) is 15.5. The van der Waals surface area contributed by atoms with Crippen molar-refractivity contribution in [3.05, 3.63) is 65.4 Å². The van der Waals surface area contributed by atoms with Crippen LogP contribution >= 0.6 is 0 Å². The monoisotopic (exact) mass is 395 g/mol. The smallest absolute Gasteiger partial charge is 0.352 e. The van der Waals surface area contributed by atoms with Gasteiger partial charge in [0, 0.05) is 11.9 Å². The first kappa shape index (κ1) is 22.5. The van der Waals surface area contributed by atoms with Gasteiger partial charge >= 0.3 is 5.97 Å². The molecule has 0 amide bonds. The van der Waals surface area contributed by atoms with Crippen LogP contribution < -0.4 is 4.74 Å². The fraction of sp³-hybridized carbons (Fsp3) is 0.400. The number of ether oxygens (including phenoxy) is 1. The molecule has 2 rings (SSSR count). The van der Waals surface area contributed by atoms with Gasteiger partial charge < -0.3 is 14.4 Å². The Kier molecular flexibility index (Phi) is 7.89. The normalized spacial score (nSPS) is 12.3. The average Bonchev–Trinajstić information content (AvgIpc) is 3.01. The zero-order chi connectivity index (χ0) is 21.6. The molecule has 0 aliphatic rings. The van der Waals surface area contributed by atoms with E-state index in [1.165, 1.54) is 0 Å². The Morgan fingerprint density at radius 1 is 1.34 bits per heavy atom. The number of carbonyl (C=O) groups is 1. The number of benzene rings is 1. The number of hydrogen-bond donors (Lipinski definition) is 1. The third-order valence-corrected chi connectivity index (χ3v) is 4.87. The Bertz CT molecular complexity index is 945. The summed E-state index contributed by atoms with van der Waals surface area (Å²) in [7, 11) is 0. The van der Waals surface area contributed by atoms with Gasteiger partial charge in [-0.15, -0.1) is 0 Å². The fourth-order valence-corrected chi connectivity index (χ4v) is 3.52. The number of nitrogens with zero attached hydrogens (tertiary/aromatic N) is 1. The van der Waals surface area contributed by atoms with Gasteiger partial charge in [-0.1, -0.05) is 63.6 Å². The molecule has 156 valence electrons. The van der Waals surface area contributed by atoms with Crippen LogP contribution in [0.25, 0.3) is 10.9 Å². The van der Waals surface area contributed by atoms with Gasteiger partial charge in [0.05, 0.1) is 12.1 Å². The fourth-order valence-electron chi connectivity index (χ4n) is 3.52. The van der Waals surface area contributed by atoms with Crippen LogP contribution in [0.1, 0.15) is 69.4 Å². The van der Waals surface area contributed by atoms with Gasteiger partial charge in [-0.25, -0.2) is 4.79 Å². The molecule has 0 unspecified atom stereocenters. The zero-order valence-electron chi connectivity index (χ0n) is 18.3. The van der Waals surface area contributed by atoms with Crippen molar-refractivity contribution < 1.29 is 14.6 Å². The predicted octanol–water partition coefficient (Wildman–Crippen LogP) is 6.72. The quantitative estimate of drug-likeness (QED) is 0.359. The Balaban J connectivity index is 2.63. The molecule has 1 N–H and O–H groups in total. The van der Waals surface area contributed by atoms with Crippen molar-refractivity contribution >= 4 is 16.9 Å².